The van der Waals surface area contributed by atoms with Gasteiger partial charge in [-0.2, -0.15) is 0 Å². The number of nitrogens with zero attached hydrogens (tertiary/aromatic N) is 1. The molecule has 1 saturated heterocycles. The lowest BCUT2D eigenvalue weighted by Gasteiger charge is -2.37. The summed E-state index contributed by atoms with van der Waals surface area (Å²) in [6.45, 7) is -0.0474. The molecule has 0 spiro atoms. The lowest BCUT2D eigenvalue weighted by Crippen LogP contribution is -2.50. The molecule has 140 valence electrons. The summed E-state index contributed by atoms with van der Waals surface area (Å²) >= 11 is 4.23. The number of hydrogen-bond acceptors (Lipinski definition) is 5. The molecule has 1 aliphatic carbocycles. The third kappa shape index (κ3) is 3.92. The van der Waals surface area contributed by atoms with Crippen molar-refractivity contribution in [2.24, 2.45) is 0 Å². The first kappa shape index (κ1) is 19.6. The van der Waals surface area contributed by atoms with Crippen molar-refractivity contribution in [1.29, 1.82) is 0 Å². The number of imide groups is 1. The molecule has 1 aliphatic heterocycles. The van der Waals surface area contributed by atoms with Crippen LogP contribution in [0.25, 0.3) is 6.08 Å². The van der Waals surface area contributed by atoms with Crippen LogP contribution in [0.4, 0.5) is 4.79 Å². The highest BCUT2D eigenvalue weighted by Gasteiger charge is 2.47. The molecule has 26 heavy (non-hydrogen) atoms. The predicted octanol–water partition coefficient (Wildman–Crippen LogP) is 4.23. The Labute approximate surface area is 166 Å². The normalized spacial score (nSPS) is 22.2. The van der Waals surface area contributed by atoms with E-state index in [0.29, 0.717) is 17.7 Å². The minimum atomic E-state index is -3.38. The Morgan fingerprint density at radius 1 is 1.15 bits per heavy atom. The molecule has 3 rings (SSSR count). The molecule has 5 nitrogen and oxygen atoms in total. The fourth-order valence-corrected chi connectivity index (χ4v) is 5.97. The molecule has 1 heterocycles. The van der Waals surface area contributed by atoms with Crippen molar-refractivity contribution in [2.45, 2.75) is 36.9 Å². The Bertz CT molecular complexity index is 856. The largest absolute Gasteiger partial charge is 0.293 e. The number of benzene rings is 1. The zero-order valence-corrected chi connectivity index (χ0v) is 17.6. The number of thioether (sulfide) groups is 1. The van der Waals surface area contributed by atoms with Gasteiger partial charge in [0.05, 0.1) is 9.65 Å². The van der Waals surface area contributed by atoms with Crippen LogP contribution in [0.5, 0.6) is 0 Å². The number of sulfone groups is 1. The van der Waals surface area contributed by atoms with E-state index in [1.54, 1.807) is 6.08 Å². The number of rotatable bonds is 4. The molecule has 1 aromatic rings. The van der Waals surface area contributed by atoms with E-state index in [2.05, 4.69) is 15.9 Å². The fraction of sp³-hybridized carbons (Fsp3) is 0.444. The molecule has 0 atom stereocenters. The molecule has 2 aliphatic rings. The quantitative estimate of drug-likeness (QED) is 0.632. The van der Waals surface area contributed by atoms with Crippen LogP contribution in [-0.4, -0.2) is 42.0 Å². The van der Waals surface area contributed by atoms with E-state index in [9.17, 15) is 18.0 Å². The van der Waals surface area contributed by atoms with E-state index in [1.807, 2.05) is 24.3 Å². The van der Waals surface area contributed by atoms with Crippen LogP contribution >= 0.6 is 27.7 Å². The molecule has 0 radical (unpaired) electrons. The topological polar surface area (TPSA) is 71.5 Å². The molecule has 0 N–H and O–H groups in total. The molecule has 0 unspecified atom stereocenters. The van der Waals surface area contributed by atoms with E-state index in [-0.39, 0.29) is 6.54 Å². The molecule has 0 bridgehead atoms. The van der Waals surface area contributed by atoms with E-state index >= 15 is 0 Å². The maximum atomic E-state index is 12.7. The number of amides is 2. The summed E-state index contributed by atoms with van der Waals surface area (Å²) in [4.78, 5) is 26.6. The highest BCUT2D eigenvalue weighted by atomic mass is 79.9. The summed E-state index contributed by atoms with van der Waals surface area (Å²) in [5.41, 5.74) is 0.814. The van der Waals surface area contributed by atoms with Gasteiger partial charge in [-0.25, -0.2) is 8.42 Å². The Kier molecular flexibility index (Phi) is 5.65. The number of halogens is 1. The number of carbonyl (C=O) groups excluding carboxylic acids is 2. The Morgan fingerprint density at radius 3 is 2.35 bits per heavy atom. The molecule has 0 aromatic heterocycles. The maximum absolute atomic E-state index is 12.7. The van der Waals surface area contributed by atoms with Crippen LogP contribution in [0.15, 0.2) is 33.6 Å². The predicted molar refractivity (Wildman–Crippen MR) is 107 cm³/mol. The van der Waals surface area contributed by atoms with Gasteiger partial charge in [0.25, 0.3) is 11.1 Å². The Balaban J connectivity index is 1.85. The lowest BCUT2D eigenvalue weighted by molar-refractivity contribution is -0.123. The molecule has 1 aromatic carbocycles. The molecule has 2 amide bonds. The van der Waals surface area contributed by atoms with Gasteiger partial charge in [0, 0.05) is 17.3 Å². The van der Waals surface area contributed by atoms with Crippen molar-refractivity contribution in [3.8, 4) is 0 Å². The van der Waals surface area contributed by atoms with Crippen LogP contribution < -0.4 is 0 Å². The highest BCUT2D eigenvalue weighted by Crippen LogP contribution is 2.39. The summed E-state index contributed by atoms with van der Waals surface area (Å²) < 4.78 is 24.8. The average Bonchev–Trinajstić information content (AvgIpc) is 2.84. The van der Waals surface area contributed by atoms with Gasteiger partial charge in [0.2, 0.25) is 0 Å². The molecular weight excluding hydrogens is 438 g/mol. The van der Waals surface area contributed by atoms with Crippen molar-refractivity contribution in [1.82, 2.24) is 4.90 Å². The zero-order valence-electron chi connectivity index (χ0n) is 14.4. The summed E-state index contributed by atoms with van der Waals surface area (Å²) in [5, 5.41) is -0.396. The second kappa shape index (κ2) is 7.48. The zero-order chi connectivity index (χ0) is 18.9. The lowest BCUT2D eigenvalue weighted by atomic mass is 9.88. The second-order valence-corrected chi connectivity index (χ2v) is 11.2. The van der Waals surface area contributed by atoms with Crippen LogP contribution in [0.2, 0.25) is 0 Å². The second-order valence-electron chi connectivity index (χ2n) is 6.84. The summed E-state index contributed by atoms with van der Waals surface area (Å²) in [7, 11) is -3.38. The van der Waals surface area contributed by atoms with Crippen LogP contribution in [0, 0.1) is 0 Å². The summed E-state index contributed by atoms with van der Waals surface area (Å²) in [6.07, 6.45) is 6.48. The molecule has 2 fully saturated rings. The standard InChI is InChI=1S/C18H20BrNO4S2/c1-26(23,24)18(9-3-2-4-10-18)12-20-16(21)15(25-17(20)22)11-13-5-7-14(19)8-6-13/h5-8,11H,2-4,9-10,12H2,1H3/b15-11-. The summed E-state index contributed by atoms with van der Waals surface area (Å²) in [6, 6.07) is 7.40. The smallest absolute Gasteiger partial charge is 0.268 e. The van der Waals surface area contributed by atoms with Crippen molar-refractivity contribution < 1.29 is 18.0 Å². The first-order chi connectivity index (χ1) is 12.2. The van der Waals surface area contributed by atoms with E-state index in [4.69, 9.17) is 0 Å². The van der Waals surface area contributed by atoms with Gasteiger partial charge in [0.1, 0.15) is 0 Å². The van der Waals surface area contributed by atoms with Gasteiger partial charge in [-0.3, -0.25) is 14.5 Å². The third-order valence-electron chi connectivity index (χ3n) is 5.04. The van der Waals surface area contributed by atoms with Gasteiger partial charge >= 0.3 is 0 Å². The van der Waals surface area contributed by atoms with Gasteiger partial charge in [0.15, 0.2) is 9.84 Å². The van der Waals surface area contributed by atoms with Crippen LogP contribution in [-0.2, 0) is 14.6 Å². The minimum absolute atomic E-state index is 0.0474. The van der Waals surface area contributed by atoms with Gasteiger partial charge in [-0.05, 0) is 48.4 Å². The Hall–Kier alpha value is -1.12. The average molecular weight is 458 g/mol. The van der Waals surface area contributed by atoms with Crippen molar-refractivity contribution in [2.75, 3.05) is 12.8 Å². The van der Waals surface area contributed by atoms with Crippen molar-refractivity contribution in [3.05, 3.63) is 39.2 Å². The summed E-state index contributed by atoms with van der Waals surface area (Å²) in [5.74, 6) is -0.406. The minimum Gasteiger partial charge on any atom is -0.268 e. The number of carbonyl (C=O) groups is 2. The third-order valence-corrected chi connectivity index (χ3v) is 8.59. The van der Waals surface area contributed by atoms with Gasteiger partial charge in [-0.15, -0.1) is 0 Å². The fourth-order valence-electron chi connectivity index (χ4n) is 3.48. The monoisotopic (exact) mass is 457 g/mol. The Morgan fingerprint density at radius 2 is 1.77 bits per heavy atom. The van der Waals surface area contributed by atoms with Gasteiger partial charge < -0.3 is 0 Å². The first-order valence-electron chi connectivity index (χ1n) is 8.42. The van der Waals surface area contributed by atoms with Crippen molar-refractivity contribution >= 4 is 54.8 Å². The first-order valence-corrected chi connectivity index (χ1v) is 11.9. The van der Waals surface area contributed by atoms with Crippen molar-refractivity contribution in [3.63, 3.8) is 0 Å². The highest BCUT2D eigenvalue weighted by molar-refractivity contribution is 9.10. The SMILES string of the molecule is CS(=O)(=O)C1(CN2C(=O)S/C(=C\c3ccc(Br)cc3)C2=O)CCCCC1. The van der Waals surface area contributed by atoms with E-state index < -0.39 is 25.7 Å². The van der Waals surface area contributed by atoms with Gasteiger partial charge in [-0.1, -0.05) is 47.3 Å². The molecular formula is C18H20BrNO4S2. The molecule has 1 saturated carbocycles. The van der Waals surface area contributed by atoms with E-state index in [1.165, 1.54) is 6.26 Å². The molecule has 8 heteroatoms. The van der Waals surface area contributed by atoms with E-state index in [0.717, 1.165) is 46.0 Å². The van der Waals surface area contributed by atoms with Crippen LogP contribution in [0.1, 0.15) is 37.7 Å². The van der Waals surface area contributed by atoms with Crippen LogP contribution in [0.3, 0.4) is 0 Å². The maximum Gasteiger partial charge on any atom is 0.293 e. The number of hydrogen-bond donors (Lipinski definition) is 0.